The van der Waals surface area contributed by atoms with Gasteiger partial charge in [-0.05, 0) is 30.0 Å². The summed E-state index contributed by atoms with van der Waals surface area (Å²) in [5, 5.41) is 5.99. The Bertz CT molecular complexity index is 760. The Morgan fingerprint density at radius 1 is 1.30 bits per heavy atom. The molecule has 0 atom stereocenters. The minimum Gasteiger partial charge on any atom is -0.289 e. The van der Waals surface area contributed by atoms with E-state index in [0.717, 1.165) is 21.6 Å². The van der Waals surface area contributed by atoms with Gasteiger partial charge < -0.3 is 0 Å². The van der Waals surface area contributed by atoms with Crippen LogP contribution in [0.5, 0.6) is 0 Å². The molecule has 2 heterocycles. The van der Waals surface area contributed by atoms with Crippen molar-refractivity contribution in [1.29, 1.82) is 0 Å². The number of aromatic nitrogens is 2. The van der Waals surface area contributed by atoms with Crippen LogP contribution >= 0.6 is 11.8 Å². The van der Waals surface area contributed by atoms with Crippen molar-refractivity contribution < 1.29 is 4.79 Å². The number of hydrogen-bond acceptors (Lipinski definition) is 4. The number of nitrogens with zero attached hydrogens (tertiary/aromatic N) is 4. The van der Waals surface area contributed by atoms with E-state index >= 15 is 0 Å². The summed E-state index contributed by atoms with van der Waals surface area (Å²) in [6.45, 7) is 0. The van der Waals surface area contributed by atoms with Crippen LogP contribution in [0.2, 0.25) is 0 Å². The highest BCUT2D eigenvalue weighted by Gasteiger charge is 2.25. The number of carbonyl (C=O) groups excluding carboxylic acids is 1. The van der Waals surface area contributed by atoms with Gasteiger partial charge in [0.15, 0.2) is 5.17 Å². The lowest BCUT2D eigenvalue weighted by atomic mass is 10.1. The summed E-state index contributed by atoms with van der Waals surface area (Å²) in [5.74, 6) is -0.0689. The third-order valence-electron chi connectivity index (χ3n) is 3.28. The minimum absolute atomic E-state index is 0.0689. The van der Waals surface area contributed by atoms with Crippen LogP contribution in [0.15, 0.2) is 35.1 Å². The van der Waals surface area contributed by atoms with Crippen LogP contribution in [0.3, 0.4) is 0 Å². The van der Waals surface area contributed by atoms with Gasteiger partial charge in [-0.25, -0.2) is 4.99 Å². The average Bonchev–Trinajstić information content (AvgIpc) is 2.94. The number of fused-ring (bicyclic) bond motifs is 1. The van der Waals surface area contributed by atoms with E-state index in [2.05, 4.69) is 10.1 Å². The molecule has 1 aliphatic heterocycles. The number of likely N-dealkylation sites (N-methyl/N-ethyl adjacent to an activating group) is 1. The molecule has 5 nitrogen and oxygen atoms in total. The topological polar surface area (TPSA) is 50.5 Å². The lowest BCUT2D eigenvalue weighted by molar-refractivity contribution is -0.121. The van der Waals surface area contributed by atoms with Crippen LogP contribution in [-0.4, -0.2) is 39.1 Å². The molecule has 1 aliphatic rings. The zero-order chi connectivity index (χ0) is 14.3. The molecular weight excluding hydrogens is 272 g/mol. The quantitative estimate of drug-likeness (QED) is 0.754. The van der Waals surface area contributed by atoms with E-state index in [0.29, 0.717) is 5.70 Å². The van der Waals surface area contributed by atoms with Crippen LogP contribution in [-0.2, 0) is 11.8 Å². The molecule has 2 aromatic rings. The second-order valence-corrected chi connectivity index (χ2v) is 5.35. The Balaban J connectivity index is 2.02. The van der Waals surface area contributed by atoms with Crippen molar-refractivity contribution >= 4 is 39.8 Å². The highest BCUT2D eigenvalue weighted by atomic mass is 32.2. The molecule has 1 amide bonds. The second-order valence-electron chi connectivity index (χ2n) is 4.58. The lowest BCUT2D eigenvalue weighted by Gasteiger charge is -2.07. The van der Waals surface area contributed by atoms with E-state index in [1.54, 1.807) is 11.9 Å². The Morgan fingerprint density at radius 2 is 2.10 bits per heavy atom. The molecule has 0 saturated carbocycles. The summed E-state index contributed by atoms with van der Waals surface area (Å²) in [6.07, 6.45) is 5.54. The molecule has 6 heteroatoms. The number of carbonyl (C=O) groups is 1. The van der Waals surface area contributed by atoms with Gasteiger partial charge >= 0.3 is 0 Å². The van der Waals surface area contributed by atoms with E-state index in [1.807, 2.05) is 48.5 Å². The summed E-state index contributed by atoms with van der Waals surface area (Å²) < 4.78 is 1.82. The second kappa shape index (κ2) is 4.79. The Hall–Kier alpha value is -2.08. The summed E-state index contributed by atoms with van der Waals surface area (Å²) in [7, 11) is 3.65. The Morgan fingerprint density at radius 3 is 2.80 bits per heavy atom. The van der Waals surface area contributed by atoms with E-state index < -0.39 is 0 Å². The number of hydrogen-bond donors (Lipinski definition) is 0. The molecule has 0 bridgehead atoms. The normalized spacial score (nSPS) is 17.4. The molecule has 102 valence electrons. The van der Waals surface area contributed by atoms with Crippen LogP contribution in [0, 0.1) is 0 Å². The van der Waals surface area contributed by atoms with Crippen molar-refractivity contribution in [1.82, 2.24) is 14.7 Å². The summed E-state index contributed by atoms with van der Waals surface area (Å²) in [4.78, 5) is 18.0. The third-order valence-corrected chi connectivity index (χ3v) is 4.01. The molecule has 0 saturated heterocycles. The van der Waals surface area contributed by atoms with Gasteiger partial charge in [-0.1, -0.05) is 17.8 Å². The summed E-state index contributed by atoms with van der Waals surface area (Å²) in [5.41, 5.74) is 2.49. The maximum atomic E-state index is 12.1. The van der Waals surface area contributed by atoms with Gasteiger partial charge in [-0.3, -0.25) is 14.4 Å². The Labute approximate surface area is 121 Å². The highest BCUT2D eigenvalue weighted by Crippen LogP contribution is 2.22. The van der Waals surface area contributed by atoms with Gasteiger partial charge in [-0.15, -0.1) is 0 Å². The van der Waals surface area contributed by atoms with E-state index in [4.69, 9.17) is 0 Å². The number of aliphatic imine (C=N–C) groups is 1. The fourth-order valence-electron chi connectivity index (χ4n) is 2.19. The van der Waals surface area contributed by atoms with Crippen LogP contribution in [0.1, 0.15) is 5.56 Å². The van der Waals surface area contributed by atoms with Gasteiger partial charge in [0.2, 0.25) is 0 Å². The monoisotopic (exact) mass is 286 g/mol. The Kier molecular flexibility index (Phi) is 3.10. The maximum Gasteiger partial charge on any atom is 0.278 e. The fraction of sp³-hybridized carbons (Fsp3) is 0.214. The van der Waals surface area contributed by atoms with Gasteiger partial charge in [0, 0.05) is 19.5 Å². The molecule has 0 spiro atoms. The average molecular weight is 286 g/mol. The maximum absolute atomic E-state index is 12.1. The third kappa shape index (κ3) is 2.02. The van der Waals surface area contributed by atoms with Crippen molar-refractivity contribution in [2.75, 3.05) is 13.3 Å². The zero-order valence-electron chi connectivity index (χ0n) is 11.5. The van der Waals surface area contributed by atoms with Crippen molar-refractivity contribution in [2.24, 2.45) is 12.0 Å². The first-order valence-electron chi connectivity index (χ1n) is 6.14. The molecule has 20 heavy (non-hydrogen) atoms. The first kappa shape index (κ1) is 12.9. The molecular formula is C14H14N4OS. The number of amidine groups is 1. The molecule has 0 N–H and O–H groups in total. The van der Waals surface area contributed by atoms with Crippen LogP contribution in [0.4, 0.5) is 0 Å². The van der Waals surface area contributed by atoms with Crippen molar-refractivity contribution in [3.8, 4) is 0 Å². The first-order chi connectivity index (χ1) is 9.60. The van der Waals surface area contributed by atoms with Crippen LogP contribution in [0.25, 0.3) is 17.0 Å². The van der Waals surface area contributed by atoms with E-state index in [9.17, 15) is 4.79 Å². The predicted molar refractivity (Wildman–Crippen MR) is 82.4 cm³/mol. The zero-order valence-corrected chi connectivity index (χ0v) is 12.3. The van der Waals surface area contributed by atoms with Crippen molar-refractivity contribution in [3.63, 3.8) is 0 Å². The first-order valence-corrected chi connectivity index (χ1v) is 7.37. The molecule has 1 aromatic carbocycles. The summed E-state index contributed by atoms with van der Waals surface area (Å²) in [6, 6.07) is 5.98. The van der Waals surface area contributed by atoms with Gasteiger partial charge in [0.1, 0.15) is 5.70 Å². The number of thioether (sulfide) groups is 1. The molecule has 3 rings (SSSR count). The van der Waals surface area contributed by atoms with Gasteiger partial charge in [0.25, 0.3) is 5.91 Å². The number of benzene rings is 1. The highest BCUT2D eigenvalue weighted by molar-refractivity contribution is 8.13. The van der Waals surface area contributed by atoms with Crippen molar-refractivity contribution in [3.05, 3.63) is 35.7 Å². The summed E-state index contributed by atoms with van der Waals surface area (Å²) >= 11 is 1.47. The van der Waals surface area contributed by atoms with Gasteiger partial charge in [-0.2, -0.15) is 5.10 Å². The molecule has 1 aromatic heterocycles. The van der Waals surface area contributed by atoms with Crippen LogP contribution < -0.4 is 0 Å². The smallest absolute Gasteiger partial charge is 0.278 e. The van der Waals surface area contributed by atoms with Gasteiger partial charge in [0.05, 0.1) is 11.7 Å². The van der Waals surface area contributed by atoms with E-state index in [1.165, 1.54) is 11.8 Å². The molecule has 0 fully saturated rings. The molecule has 0 unspecified atom stereocenters. The standard InChI is InChI=1S/C14H14N4OS/c1-17-13(19)11(16-14(17)20-3)7-9-4-5-12-10(6-9)8-15-18(12)2/h4-8H,1-3H3/b11-7-. The number of rotatable bonds is 1. The van der Waals surface area contributed by atoms with Crippen molar-refractivity contribution in [2.45, 2.75) is 0 Å². The molecule has 0 aliphatic carbocycles. The lowest BCUT2D eigenvalue weighted by Crippen LogP contribution is -2.25. The number of amides is 1. The predicted octanol–water partition coefficient (Wildman–Crippen LogP) is 2.11. The van der Waals surface area contributed by atoms with E-state index in [-0.39, 0.29) is 5.91 Å². The minimum atomic E-state index is -0.0689. The fourth-order valence-corrected chi connectivity index (χ4v) is 2.74. The largest absolute Gasteiger partial charge is 0.289 e. The SMILES string of the molecule is CSC1=N/C(=C\c2ccc3c(cnn3C)c2)C(=O)N1C. The number of aryl methyl sites for hydroxylation is 1. The molecule has 0 radical (unpaired) electrons.